The molecular weight excluding hydrogens is 470 g/mol. The Balaban J connectivity index is 1.22. The van der Waals surface area contributed by atoms with Crippen molar-refractivity contribution in [2.75, 3.05) is 26.4 Å². The molecule has 198 valence electrons. The lowest BCUT2D eigenvalue weighted by atomic mass is 9.75. The normalized spacial score (nSPS) is 19.3. The third kappa shape index (κ3) is 5.49. The average Bonchev–Trinajstić information content (AvgIpc) is 3.55. The lowest BCUT2D eigenvalue weighted by molar-refractivity contribution is 0.0160. The van der Waals surface area contributed by atoms with E-state index in [9.17, 15) is 14.4 Å². The fraction of sp³-hybridized carbons (Fsp3) is 0.586. The van der Waals surface area contributed by atoms with Crippen molar-refractivity contribution in [1.82, 2.24) is 15.1 Å². The topological polar surface area (TPSA) is 99.5 Å². The number of aryl methyl sites for hydroxylation is 2. The number of nitrogens with one attached hydrogen (secondary N) is 1. The molecule has 8 heteroatoms. The van der Waals surface area contributed by atoms with Gasteiger partial charge in [0.15, 0.2) is 5.78 Å². The fourth-order valence-electron chi connectivity index (χ4n) is 6.08. The van der Waals surface area contributed by atoms with Gasteiger partial charge in [0.2, 0.25) is 0 Å². The molecule has 1 aromatic heterocycles. The number of carbonyl (C=O) groups is 3. The van der Waals surface area contributed by atoms with E-state index < -0.39 is 5.97 Å². The Morgan fingerprint density at radius 2 is 1.95 bits per heavy atom. The third-order valence-corrected chi connectivity index (χ3v) is 8.28. The van der Waals surface area contributed by atoms with Gasteiger partial charge in [-0.1, -0.05) is 25.0 Å². The monoisotopic (exact) mass is 507 g/mol. The summed E-state index contributed by atoms with van der Waals surface area (Å²) in [5.41, 5.74) is 3.62. The summed E-state index contributed by atoms with van der Waals surface area (Å²) in [7, 11) is 0. The lowest BCUT2D eigenvalue weighted by Crippen LogP contribution is -2.40. The van der Waals surface area contributed by atoms with E-state index in [-0.39, 0.29) is 29.6 Å². The van der Waals surface area contributed by atoms with E-state index in [1.54, 1.807) is 28.9 Å². The van der Waals surface area contributed by atoms with Crippen LogP contribution in [-0.2, 0) is 28.9 Å². The van der Waals surface area contributed by atoms with Crippen LogP contribution in [0, 0.1) is 11.3 Å². The number of rotatable bonds is 8. The Bertz CT molecular complexity index is 1160. The first-order valence-electron chi connectivity index (χ1n) is 13.8. The van der Waals surface area contributed by atoms with Gasteiger partial charge in [-0.05, 0) is 69.4 Å². The van der Waals surface area contributed by atoms with Crippen LogP contribution in [0.4, 0.5) is 0 Å². The van der Waals surface area contributed by atoms with Crippen molar-refractivity contribution >= 4 is 17.7 Å². The fourth-order valence-corrected chi connectivity index (χ4v) is 6.08. The Morgan fingerprint density at radius 3 is 2.70 bits per heavy atom. The molecule has 2 aromatic rings. The van der Waals surface area contributed by atoms with E-state index >= 15 is 0 Å². The van der Waals surface area contributed by atoms with Crippen LogP contribution in [0.2, 0.25) is 0 Å². The minimum Gasteiger partial charge on any atom is -0.462 e. The Morgan fingerprint density at radius 1 is 1.19 bits per heavy atom. The smallest absolute Gasteiger partial charge is 0.338 e. The number of ketones is 1. The van der Waals surface area contributed by atoms with Gasteiger partial charge < -0.3 is 14.8 Å². The quantitative estimate of drug-likeness (QED) is 0.327. The summed E-state index contributed by atoms with van der Waals surface area (Å²) in [6.07, 6.45) is 7.94. The molecule has 2 fully saturated rings. The molecule has 1 saturated carbocycles. The predicted molar refractivity (Wildman–Crippen MR) is 138 cm³/mol. The highest BCUT2D eigenvalue weighted by molar-refractivity contribution is 6.00. The molecule has 8 nitrogen and oxygen atoms in total. The third-order valence-electron chi connectivity index (χ3n) is 8.28. The van der Waals surface area contributed by atoms with Crippen LogP contribution < -0.4 is 5.32 Å². The van der Waals surface area contributed by atoms with Crippen molar-refractivity contribution in [2.24, 2.45) is 11.3 Å². The molecule has 3 aliphatic rings. The van der Waals surface area contributed by atoms with Crippen LogP contribution in [0.5, 0.6) is 0 Å². The van der Waals surface area contributed by atoms with Crippen LogP contribution in [0.1, 0.15) is 94.3 Å². The van der Waals surface area contributed by atoms with E-state index in [4.69, 9.17) is 14.6 Å². The summed E-state index contributed by atoms with van der Waals surface area (Å²) >= 11 is 0. The maximum Gasteiger partial charge on any atom is 0.338 e. The first kappa shape index (κ1) is 25.6. The number of ether oxygens (including phenoxy) is 2. The number of aromatic nitrogens is 2. The number of nitrogens with zero attached hydrogens (tertiary/aromatic N) is 2. The molecule has 1 N–H and O–H groups in total. The van der Waals surface area contributed by atoms with Gasteiger partial charge in [0.1, 0.15) is 5.69 Å². The number of hydrogen-bond donors (Lipinski definition) is 1. The minimum atomic E-state index is -0.417. The zero-order valence-electron chi connectivity index (χ0n) is 21.7. The molecule has 0 bridgehead atoms. The molecule has 0 atom stereocenters. The molecule has 0 unspecified atom stereocenters. The Kier molecular flexibility index (Phi) is 7.74. The molecule has 1 spiro atoms. The summed E-state index contributed by atoms with van der Waals surface area (Å²) < 4.78 is 13.0. The van der Waals surface area contributed by atoms with Crippen LogP contribution in [0.25, 0.3) is 0 Å². The number of amides is 1. The number of fused-ring (bicyclic) bond motifs is 1. The standard InChI is InChI=1S/C29H37N3O5/c1-2-32-25-23(18-29(19-30-27(25)34)12-15-36-16-13-29)24(31-32)11-6-14-37-28(35)22-10-5-9-21(17-22)26(33)20-7-3-4-8-20/h5,9-10,17,20H,2-4,6-8,11-16,18-19H2,1H3,(H,30,34). The molecule has 3 heterocycles. The van der Waals surface area contributed by atoms with E-state index in [0.29, 0.717) is 56.0 Å². The molecular formula is C29H37N3O5. The summed E-state index contributed by atoms with van der Waals surface area (Å²) in [4.78, 5) is 38.4. The van der Waals surface area contributed by atoms with E-state index in [1.165, 1.54) is 0 Å². The maximum absolute atomic E-state index is 13.0. The first-order chi connectivity index (χ1) is 18.0. The van der Waals surface area contributed by atoms with Crippen LogP contribution in [-0.4, -0.2) is 53.8 Å². The summed E-state index contributed by atoms with van der Waals surface area (Å²) in [6, 6.07) is 6.90. The highest BCUT2D eigenvalue weighted by atomic mass is 16.5. The number of esters is 1. The molecule has 1 amide bonds. The van der Waals surface area contributed by atoms with Crippen molar-refractivity contribution in [1.29, 1.82) is 0 Å². The van der Waals surface area contributed by atoms with Crippen LogP contribution in [0.15, 0.2) is 24.3 Å². The van der Waals surface area contributed by atoms with Crippen molar-refractivity contribution in [3.05, 3.63) is 52.3 Å². The zero-order valence-corrected chi connectivity index (χ0v) is 21.7. The molecule has 37 heavy (non-hydrogen) atoms. The lowest BCUT2D eigenvalue weighted by Gasteiger charge is -2.36. The van der Waals surface area contributed by atoms with Crippen molar-refractivity contribution < 1.29 is 23.9 Å². The summed E-state index contributed by atoms with van der Waals surface area (Å²) in [5.74, 6) is -0.269. The molecule has 2 aliphatic heterocycles. The zero-order chi connectivity index (χ0) is 25.8. The average molecular weight is 508 g/mol. The predicted octanol–water partition coefficient (Wildman–Crippen LogP) is 4.15. The van der Waals surface area contributed by atoms with Crippen molar-refractivity contribution in [2.45, 2.75) is 71.3 Å². The van der Waals surface area contributed by atoms with Crippen LogP contribution in [0.3, 0.4) is 0 Å². The second-order valence-electron chi connectivity index (χ2n) is 10.7. The largest absolute Gasteiger partial charge is 0.462 e. The van der Waals surface area contributed by atoms with Gasteiger partial charge in [0.25, 0.3) is 5.91 Å². The van der Waals surface area contributed by atoms with Gasteiger partial charge in [0, 0.05) is 43.3 Å². The van der Waals surface area contributed by atoms with E-state index in [2.05, 4.69) is 5.32 Å². The Labute approximate surface area is 218 Å². The summed E-state index contributed by atoms with van der Waals surface area (Å²) in [5, 5.41) is 7.90. The molecule has 1 saturated heterocycles. The van der Waals surface area contributed by atoms with Gasteiger partial charge in [-0.3, -0.25) is 14.3 Å². The molecule has 5 rings (SSSR count). The minimum absolute atomic E-state index is 0.00291. The number of hydrogen-bond acceptors (Lipinski definition) is 6. The van der Waals surface area contributed by atoms with Crippen molar-refractivity contribution in [3.63, 3.8) is 0 Å². The van der Waals surface area contributed by atoms with Crippen LogP contribution >= 0.6 is 0 Å². The first-order valence-corrected chi connectivity index (χ1v) is 13.8. The molecule has 0 radical (unpaired) electrons. The van der Waals surface area contributed by atoms with E-state index in [0.717, 1.165) is 56.2 Å². The second kappa shape index (κ2) is 11.2. The van der Waals surface area contributed by atoms with Gasteiger partial charge in [-0.25, -0.2) is 4.79 Å². The van der Waals surface area contributed by atoms with Gasteiger partial charge in [-0.2, -0.15) is 5.10 Å². The van der Waals surface area contributed by atoms with Gasteiger partial charge in [0.05, 0.1) is 17.9 Å². The van der Waals surface area contributed by atoms with Gasteiger partial charge >= 0.3 is 5.97 Å². The Hall–Kier alpha value is -3.00. The van der Waals surface area contributed by atoms with Gasteiger partial charge in [-0.15, -0.1) is 0 Å². The highest BCUT2D eigenvalue weighted by Crippen LogP contribution is 2.38. The molecule has 1 aliphatic carbocycles. The number of benzene rings is 1. The van der Waals surface area contributed by atoms with E-state index in [1.807, 2.05) is 6.92 Å². The SMILES string of the molecule is CCn1nc(CCCOC(=O)c2cccc(C(=O)C3CCCC3)c2)c2c1C(=O)NCC1(CCOCC1)C2. The highest BCUT2D eigenvalue weighted by Gasteiger charge is 2.39. The number of carbonyl (C=O) groups excluding carboxylic acids is 3. The maximum atomic E-state index is 13.0. The second-order valence-corrected chi connectivity index (χ2v) is 10.7. The number of Topliss-reactive ketones (excluding diaryl/α,β-unsaturated/α-hetero) is 1. The summed E-state index contributed by atoms with van der Waals surface area (Å²) in [6.45, 7) is 4.95. The molecule has 1 aromatic carbocycles. The van der Waals surface area contributed by atoms with Crippen molar-refractivity contribution in [3.8, 4) is 0 Å².